The van der Waals surface area contributed by atoms with E-state index in [1.807, 2.05) is 42.8 Å². The minimum atomic E-state index is -0.137. The lowest BCUT2D eigenvalue weighted by molar-refractivity contribution is -0.115. The van der Waals surface area contributed by atoms with Gasteiger partial charge in [0.15, 0.2) is 0 Å². The molecule has 0 fully saturated rings. The Kier molecular flexibility index (Phi) is 6.25. The number of amides is 1. The zero-order valence-electron chi connectivity index (χ0n) is 14.7. The Morgan fingerprint density at radius 1 is 1.15 bits per heavy atom. The number of hydrogen-bond donors (Lipinski definition) is 1. The number of carbonyl (C=O) groups excluding carboxylic acids is 1. The van der Waals surface area contributed by atoms with Gasteiger partial charge in [-0.25, -0.2) is 4.98 Å². The van der Waals surface area contributed by atoms with Gasteiger partial charge in [-0.15, -0.1) is 11.3 Å². The molecule has 1 aromatic carbocycles. The van der Waals surface area contributed by atoms with E-state index in [9.17, 15) is 4.79 Å². The van der Waals surface area contributed by atoms with E-state index in [4.69, 9.17) is 9.47 Å². The molecular weight excluding hydrogens is 368 g/mol. The first kappa shape index (κ1) is 18.4. The number of nitrogens with zero attached hydrogens (tertiary/aromatic N) is 1. The Balaban J connectivity index is 1.70. The van der Waals surface area contributed by atoms with E-state index >= 15 is 0 Å². The predicted molar refractivity (Wildman–Crippen MR) is 107 cm³/mol. The van der Waals surface area contributed by atoms with Crippen LogP contribution in [0.5, 0.6) is 11.5 Å². The van der Waals surface area contributed by atoms with Gasteiger partial charge in [0.2, 0.25) is 5.91 Å². The molecule has 2 heterocycles. The summed E-state index contributed by atoms with van der Waals surface area (Å²) in [4.78, 5) is 17.0. The van der Waals surface area contributed by atoms with Crippen molar-refractivity contribution in [1.29, 1.82) is 0 Å². The molecule has 26 heavy (non-hydrogen) atoms. The van der Waals surface area contributed by atoms with Gasteiger partial charge in [-0.05, 0) is 37.4 Å². The summed E-state index contributed by atoms with van der Waals surface area (Å²) in [5.74, 6) is 1.18. The van der Waals surface area contributed by atoms with Gasteiger partial charge in [0, 0.05) is 22.4 Å². The maximum atomic E-state index is 12.5. The zero-order chi connectivity index (χ0) is 18.4. The fourth-order valence-corrected chi connectivity index (χ4v) is 3.94. The van der Waals surface area contributed by atoms with Crippen LogP contribution in [0.2, 0.25) is 0 Å². The van der Waals surface area contributed by atoms with Crippen LogP contribution >= 0.6 is 22.7 Å². The van der Waals surface area contributed by atoms with Crippen LogP contribution < -0.4 is 14.8 Å². The molecule has 1 N–H and O–H groups in total. The number of thiophene rings is 1. The van der Waals surface area contributed by atoms with Gasteiger partial charge in [-0.1, -0.05) is 0 Å². The first-order valence-corrected chi connectivity index (χ1v) is 10.2. The maximum Gasteiger partial charge on any atom is 0.230 e. The zero-order valence-corrected chi connectivity index (χ0v) is 16.3. The van der Waals surface area contributed by atoms with Gasteiger partial charge in [-0.2, -0.15) is 11.3 Å². The molecule has 0 unspecified atom stereocenters. The molecule has 5 nitrogen and oxygen atoms in total. The summed E-state index contributed by atoms with van der Waals surface area (Å²) < 4.78 is 11.1. The van der Waals surface area contributed by atoms with Gasteiger partial charge in [0.05, 0.1) is 31.0 Å². The number of aromatic nitrogens is 1. The summed E-state index contributed by atoms with van der Waals surface area (Å²) in [6.07, 6.45) is 0.213. The summed E-state index contributed by atoms with van der Waals surface area (Å²) in [6, 6.07) is 7.45. The molecule has 2 aromatic heterocycles. The summed E-state index contributed by atoms with van der Waals surface area (Å²) in [7, 11) is 0. The summed E-state index contributed by atoms with van der Waals surface area (Å²) in [5.41, 5.74) is 2.46. The van der Waals surface area contributed by atoms with Crippen LogP contribution in [0.15, 0.2) is 40.4 Å². The van der Waals surface area contributed by atoms with Crippen molar-refractivity contribution in [2.75, 3.05) is 18.5 Å². The van der Waals surface area contributed by atoms with Crippen LogP contribution in [0.25, 0.3) is 10.6 Å². The highest BCUT2D eigenvalue weighted by molar-refractivity contribution is 7.14. The van der Waals surface area contributed by atoms with E-state index < -0.39 is 0 Å². The number of thiazole rings is 1. The van der Waals surface area contributed by atoms with Crippen molar-refractivity contribution in [3.8, 4) is 22.1 Å². The first-order chi connectivity index (χ1) is 12.7. The summed E-state index contributed by atoms with van der Waals surface area (Å²) in [6.45, 7) is 4.91. The molecular formula is C19H20N2O3S2. The molecule has 0 saturated carbocycles. The van der Waals surface area contributed by atoms with Crippen molar-refractivity contribution >= 4 is 34.3 Å². The highest BCUT2D eigenvalue weighted by Crippen LogP contribution is 2.30. The molecule has 0 radical (unpaired) electrons. The van der Waals surface area contributed by atoms with E-state index in [1.54, 1.807) is 28.7 Å². The predicted octanol–water partition coefficient (Wildman–Crippen LogP) is 4.85. The third-order valence-corrected chi connectivity index (χ3v) is 5.12. The Bertz CT molecular complexity index is 860. The van der Waals surface area contributed by atoms with Crippen molar-refractivity contribution in [2.45, 2.75) is 20.3 Å². The lowest BCUT2D eigenvalue weighted by Crippen LogP contribution is -2.15. The van der Waals surface area contributed by atoms with Gasteiger partial charge in [0.1, 0.15) is 16.5 Å². The van der Waals surface area contributed by atoms with Crippen LogP contribution in [0, 0.1) is 0 Å². The molecule has 0 aliphatic carbocycles. The maximum absolute atomic E-state index is 12.5. The molecule has 0 aliphatic heterocycles. The van der Waals surface area contributed by atoms with Crippen molar-refractivity contribution in [3.05, 3.63) is 46.1 Å². The van der Waals surface area contributed by atoms with E-state index in [1.165, 1.54) is 0 Å². The highest BCUT2D eigenvalue weighted by Gasteiger charge is 2.13. The number of ether oxygens (including phenoxy) is 2. The quantitative estimate of drug-likeness (QED) is 0.599. The standard InChI is InChI=1S/C19H20N2O3S2/c1-3-23-15-5-6-17(24-4-2)16(10-15)21-18(22)9-14-12-26-19(20-14)13-7-8-25-11-13/h5-8,10-12H,3-4,9H2,1-2H3,(H,21,22). The number of carbonyl (C=O) groups is 1. The lowest BCUT2D eigenvalue weighted by Gasteiger charge is -2.13. The molecule has 7 heteroatoms. The Labute approximate surface area is 160 Å². The SMILES string of the molecule is CCOc1ccc(OCC)c(NC(=O)Cc2csc(-c3ccsc3)n2)c1. The minimum absolute atomic E-state index is 0.137. The Morgan fingerprint density at radius 2 is 2.00 bits per heavy atom. The van der Waals surface area contributed by atoms with Gasteiger partial charge >= 0.3 is 0 Å². The van der Waals surface area contributed by atoms with Gasteiger partial charge in [0.25, 0.3) is 0 Å². The van der Waals surface area contributed by atoms with E-state index in [0.29, 0.717) is 30.4 Å². The van der Waals surface area contributed by atoms with Crippen LogP contribution in [0.1, 0.15) is 19.5 Å². The monoisotopic (exact) mass is 388 g/mol. The number of anilines is 1. The minimum Gasteiger partial charge on any atom is -0.494 e. The summed E-state index contributed by atoms with van der Waals surface area (Å²) >= 11 is 3.18. The van der Waals surface area contributed by atoms with Crippen LogP contribution in [0.3, 0.4) is 0 Å². The molecule has 0 spiro atoms. The largest absolute Gasteiger partial charge is 0.494 e. The smallest absolute Gasteiger partial charge is 0.230 e. The first-order valence-electron chi connectivity index (χ1n) is 8.36. The van der Waals surface area contributed by atoms with Crippen molar-refractivity contribution in [2.24, 2.45) is 0 Å². The second-order valence-corrected chi connectivity index (χ2v) is 7.04. The molecule has 136 valence electrons. The van der Waals surface area contributed by atoms with Crippen LogP contribution in [-0.4, -0.2) is 24.1 Å². The number of benzene rings is 1. The average molecular weight is 389 g/mol. The fraction of sp³-hybridized carbons (Fsp3) is 0.263. The average Bonchev–Trinajstić information content (AvgIpc) is 3.29. The van der Waals surface area contributed by atoms with E-state index in [-0.39, 0.29) is 12.3 Å². The Hall–Kier alpha value is -2.38. The molecule has 0 atom stereocenters. The number of nitrogens with one attached hydrogen (secondary N) is 1. The van der Waals surface area contributed by atoms with Crippen LogP contribution in [0.4, 0.5) is 5.69 Å². The lowest BCUT2D eigenvalue weighted by atomic mass is 10.2. The Morgan fingerprint density at radius 3 is 2.73 bits per heavy atom. The van der Waals surface area contributed by atoms with Gasteiger partial charge in [-0.3, -0.25) is 4.79 Å². The molecule has 0 aliphatic rings. The summed E-state index contributed by atoms with van der Waals surface area (Å²) in [5, 5.41) is 9.83. The van der Waals surface area contributed by atoms with E-state index in [2.05, 4.69) is 15.7 Å². The third kappa shape index (κ3) is 4.62. The molecule has 1 amide bonds. The third-order valence-electron chi connectivity index (χ3n) is 3.50. The molecule has 3 aromatic rings. The second kappa shape index (κ2) is 8.82. The second-order valence-electron chi connectivity index (χ2n) is 5.40. The highest BCUT2D eigenvalue weighted by atomic mass is 32.1. The normalized spacial score (nSPS) is 10.5. The van der Waals surface area contributed by atoms with Crippen molar-refractivity contribution in [3.63, 3.8) is 0 Å². The molecule has 0 bridgehead atoms. The van der Waals surface area contributed by atoms with Crippen LogP contribution in [-0.2, 0) is 11.2 Å². The molecule has 3 rings (SSSR count). The molecule has 0 saturated heterocycles. The van der Waals surface area contributed by atoms with E-state index in [0.717, 1.165) is 16.3 Å². The van der Waals surface area contributed by atoms with Gasteiger partial charge < -0.3 is 14.8 Å². The van der Waals surface area contributed by atoms with Crippen molar-refractivity contribution < 1.29 is 14.3 Å². The number of hydrogen-bond acceptors (Lipinski definition) is 6. The fourth-order valence-electron chi connectivity index (χ4n) is 2.41. The number of rotatable bonds is 8. The van der Waals surface area contributed by atoms with Crippen molar-refractivity contribution in [1.82, 2.24) is 4.98 Å². The topological polar surface area (TPSA) is 60.5 Å².